The zero-order valence-corrected chi connectivity index (χ0v) is 16.0. The molecular weight excluding hydrogens is 360 g/mol. The number of carbonyl (C=O) groups excluding carboxylic acids is 3. The van der Waals surface area contributed by atoms with Crippen molar-refractivity contribution in [1.82, 2.24) is 0 Å². The van der Waals surface area contributed by atoms with Gasteiger partial charge in [0.2, 0.25) is 0 Å². The van der Waals surface area contributed by atoms with Gasteiger partial charge in [-0.1, -0.05) is 25.5 Å². The van der Waals surface area contributed by atoms with Gasteiger partial charge in [-0.15, -0.1) is 0 Å². The standard InChI is InChI=1S/C21H24N2O5/c1-3-4-13-28-21(26)23-17-9-5-15(6-10-17)14-19(24)16-7-11-18(12-8-16)22-20(25)27-2/h5-12H,3-4,13-14H2,1-2H3,(H,22,25)(H,23,26). The molecule has 0 radical (unpaired) electrons. The Morgan fingerprint density at radius 3 is 2.00 bits per heavy atom. The SMILES string of the molecule is CCCCOC(=O)Nc1ccc(CC(=O)c2ccc(NC(=O)OC)cc2)cc1. The lowest BCUT2D eigenvalue weighted by atomic mass is 10.0. The highest BCUT2D eigenvalue weighted by Crippen LogP contribution is 2.15. The Morgan fingerprint density at radius 2 is 1.43 bits per heavy atom. The van der Waals surface area contributed by atoms with Crippen LogP contribution in [0.4, 0.5) is 21.0 Å². The Balaban J connectivity index is 1.88. The zero-order chi connectivity index (χ0) is 20.4. The molecule has 7 nitrogen and oxygen atoms in total. The minimum atomic E-state index is -0.568. The predicted octanol–water partition coefficient (Wildman–Crippen LogP) is 4.64. The highest BCUT2D eigenvalue weighted by molar-refractivity contribution is 5.98. The maximum absolute atomic E-state index is 12.4. The minimum Gasteiger partial charge on any atom is -0.453 e. The Bertz CT molecular complexity index is 801. The molecule has 0 aliphatic rings. The van der Waals surface area contributed by atoms with Gasteiger partial charge in [0.15, 0.2) is 5.78 Å². The summed E-state index contributed by atoms with van der Waals surface area (Å²) < 4.78 is 9.56. The molecule has 2 aromatic rings. The summed E-state index contributed by atoms with van der Waals surface area (Å²) in [5.41, 5.74) is 2.52. The Hall–Kier alpha value is -3.35. The van der Waals surface area contributed by atoms with E-state index < -0.39 is 12.2 Å². The van der Waals surface area contributed by atoms with E-state index in [1.807, 2.05) is 6.92 Å². The summed E-state index contributed by atoms with van der Waals surface area (Å²) in [6.45, 7) is 2.41. The molecule has 28 heavy (non-hydrogen) atoms. The smallest absolute Gasteiger partial charge is 0.411 e. The van der Waals surface area contributed by atoms with Crippen LogP contribution in [0.1, 0.15) is 35.7 Å². The van der Waals surface area contributed by atoms with Crippen LogP contribution in [-0.2, 0) is 15.9 Å². The molecule has 0 bridgehead atoms. The molecule has 2 rings (SSSR count). The number of benzene rings is 2. The van der Waals surface area contributed by atoms with Crippen molar-refractivity contribution in [2.24, 2.45) is 0 Å². The van der Waals surface area contributed by atoms with Crippen LogP contribution >= 0.6 is 0 Å². The molecule has 0 spiro atoms. The van der Waals surface area contributed by atoms with Crippen LogP contribution in [0.2, 0.25) is 0 Å². The summed E-state index contributed by atoms with van der Waals surface area (Å²) in [4.78, 5) is 35.2. The largest absolute Gasteiger partial charge is 0.453 e. The fraction of sp³-hybridized carbons (Fsp3) is 0.286. The van der Waals surface area contributed by atoms with Gasteiger partial charge in [0.05, 0.1) is 13.7 Å². The fourth-order valence-electron chi connectivity index (χ4n) is 2.36. The van der Waals surface area contributed by atoms with Crippen molar-refractivity contribution in [3.05, 3.63) is 59.7 Å². The topological polar surface area (TPSA) is 93.7 Å². The van der Waals surface area contributed by atoms with Crippen molar-refractivity contribution in [3.63, 3.8) is 0 Å². The number of hydrogen-bond donors (Lipinski definition) is 2. The van der Waals surface area contributed by atoms with E-state index in [1.54, 1.807) is 48.5 Å². The molecule has 0 unspecified atom stereocenters. The number of amides is 2. The van der Waals surface area contributed by atoms with Crippen LogP contribution in [0.15, 0.2) is 48.5 Å². The minimum absolute atomic E-state index is 0.0516. The van der Waals surface area contributed by atoms with Crippen LogP contribution in [0, 0.1) is 0 Å². The first-order valence-electron chi connectivity index (χ1n) is 9.02. The normalized spacial score (nSPS) is 10.1. The van der Waals surface area contributed by atoms with Crippen molar-refractivity contribution in [3.8, 4) is 0 Å². The molecule has 2 amide bonds. The molecule has 148 valence electrons. The lowest BCUT2D eigenvalue weighted by Gasteiger charge is -2.08. The monoisotopic (exact) mass is 384 g/mol. The Labute approximate surface area is 164 Å². The predicted molar refractivity (Wildman–Crippen MR) is 107 cm³/mol. The van der Waals surface area contributed by atoms with E-state index in [-0.39, 0.29) is 12.2 Å². The number of rotatable bonds is 8. The van der Waals surface area contributed by atoms with E-state index in [4.69, 9.17) is 4.74 Å². The summed E-state index contributed by atoms with van der Waals surface area (Å²) in [7, 11) is 1.28. The number of ether oxygens (including phenoxy) is 2. The van der Waals surface area contributed by atoms with E-state index in [1.165, 1.54) is 7.11 Å². The van der Waals surface area contributed by atoms with E-state index in [2.05, 4.69) is 15.4 Å². The summed E-state index contributed by atoms with van der Waals surface area (Å²) in [6, 6.07) is 13.6. The molecule has 0 aromatic heterocycles. The van der Waals surface area contributed by atoms with Gasteiger partial charge in [-0.25, -0.2) is 9.59 Å². The molecule has 2 N–H and O–H groups in total. The van der Waals surface area contributed by atoms with Gasteiger partial charge < -0.3 is 9.47 Å². The van der Waals surface area contributed by atoms with Crippen molar-refractivity contribution in [1.29, 1.82) is 0 Å². The van der Waals surface area contributed by atoms with Crippen molar-refractivity contribution in [2.75, 3.05) is 24.4 Å². The average molecular weight is 384 g/mol. The molecule has 0 fully saturated rings. The third-order valence-electron chi connectivity index (χ3n) is 3.93. The first-order valence-corrected chi connectivity index (χ1v) is 9.02. The van der Waals surface area contributed by atoms with Crippen molar-refractivity contribution < 1.29 is 23.9 Å². The van der Waals surface area contributed by atoms with E-state index >= 15 is 0 Å². The third kappa shape index (κ3) is 6.75. The number of unbranched alkanes of at least 4 members (excludes halogenated alkanes) is 1. The van der Waals surface area contributed by atoms with Gasteiger partial charge in [0.25, 0.3) is 0 Å². The average Bonchev–Trinajstić information content (AvgIpc) is 2.70. The Kier molecular flexibility index (Phi) is 8.02. The second-order valence-electron chi connectivity index (χ2n) is 6.11. The zero-order valence-electron chi connectivity index (χ0n) is 16.0. The maximum atomic E-state index is 12.4. The number of ketones is 1. The number of nitrogens with one attached hydrogen (secondary N) is 2. The first-order chi connectivity index (χ1) is 13.5. The lowest BCUT2D eigenvalue weighted by Crippen LogP contribution is -2.14. The fourth-order valence-corrected chi connectivity index (χ4v) is 2.36. The number of carbonyl (C=O) groups is 3. The molecule has 0 saturated carbocycles. The van der Waals surface area contributed by atoms with Gasteiger partial charge in [0.1, 0.15) is 0 Å². The summed E-state index contributed by atoms with van der Waals surface area (Å²) >= 11 is 0. The van der Waals surface area contributed by atoms with Gasteiger partial charge in [-0.05, 0) is 48.4 Å². The molecule has 0 heterocycles. The third-order valence-corrected chi connectivity index (χ3v) is 3.93. The molecule has 0 aliphatic carbocycles. The highest BCUT2D eigenvalue weighted by atomic mass is 16.5. The van der Waals surface area contributed by atoms with Crippen LogP contribution < -0.4 is 10.6 Å². The number of methoxy groups -OCH3 is 1. The molecule has 7 heteroatoms. The van der Waals surface area contributed by atoms with E-state index in [0.717, 1.165) is 18.4 Å². The van der Waals surface area contributed by atoms with Crippen molar-refractivity contribution in [2.45, 2.75) is 26.2 Å². The Morgan fingerprint density at radius 1 is 0.857 bits per heavy atom. The molecular formula is C21H24N2O5. The van der Waals surface area contributed by atoms with Crippen LogP contribution in [0.25, 0.3) is 0 Å². The summed E-state index contributed by atoms with van der Waals surface area (Å²) in [5, 5.41) is 5.18. The second-order valence-corrected chi connectivity index (χ2v) is 6.11. The van der Waals surface area contributed by atoms with Gasteiger partial charge in [-0.3, -0.25) is 15.4 Å². The number of anilines is 2. The lowest BCUT2D eigenvalue weighted by molar-refractivity contribution is 0.0993. The molecule has 0 aliphatic heterocycles. The van der Waals surface area contributed by atoms with Gasteiger partial charge in [0, 0.05) is 23.4 Å². The maximum Gasteiger partial charge on any atom is 0.411 e. The van der Waals surface area contributed by atoms with E-state index in [0.29, 0.717) is 23.5 Å². The quantitative estimate of drug-likeness (QED) is 0.511. The van der Waals surface area contributed by atoms with Gasteiger partial charge >= 0.3 is 12.2 Å². The van der Waals surface area contributed by atoms with Crippen molar-refractivity contribution >= 4 is 29.3 Å². The number of Topliss-reactive ketones (excluding diaryl/α,β-unsaturated/α-hetero) is 1. The van der Waals surface area contributed by atoms with Crippen LogP contribution in [0.5, 0.6) is 0 Å². The summed E-state index contributed by atoms with van der Waals surface area (Å²) in [5.74, 6) is -0.0516. The van der Waals surface area contributed by atoms with Crippen LogP contribution in [-0.4, -0.2) is 31.7 Å². The molecule has 0 atom stereocenters. The summed E-state index contributed by atoms with van der Waals surface area (Å²) in [6.07, 6.45) is 0.958. The van der Waals surface area contributed by atoms with Crippen LogP contribution in [0.3, 0.4) is 0 Å². The molecule has 2 aromatic carbocycles. The number of hydrogen-bond acceptors (Lipinski definition) is 5. The molecule has 0 saturated heterocycles. The second kappa shape index (κ2) is 10.7. The van der Waals surface area contributed by atoms with E-state index in [9.17, 15) is 14.4 Å². The van der Waals surface area contributed by atoms with Gasteiger partial charge in [-0.2, -0.15) is 0 Å². The first kappa shape index (κ1) is 21.0. The highest BCUT2D eigenvalue weighted by Gasteiger charge is 2.09.